The number of anilines is 1. The van der Waals surface area contributed by atoms with Gasteiger partial charge in [0.15, 0.2) is 5.13 Å². The Morgan fingerprint density at radius 1 is 1.30 bits per heavy atom. The van der Waals surface area contributed by atoms with Gasteiger partial charge in [-0.25, -0.2) is 4.99 Å². The van der Waals surface area contributed by atoms with Gasteiger partial charge in [0.05, 0.1) is 10.9 Å². The van der Waals surface area contributed by atoms with Crippen LogP contribution in [0, 0.1) is 5.92 Å². The van der Waals surface area contributed by atoms with Crippen LogP contribution in [-0.4, -0.2) is 29.9 Å². The molecule has 1 atom stereocenters. The van der Waals surface area contributed by atoms with Crippen LogP contribution in [0.4, 0.5) is 5.13 Å². The molecular formula is C16H16BN3O2S. The first-order chi connectivity index (χ1) is 10.9. The van der Waals surface area contributed by atoms with Crippen molar-refractivity contribution in [3.63, 3.8) is 0 Å². The summed E-state index contributed by atoms with van der Waals surface area (Å²) in [6.45, 7) is 6.24. The van der Waals surface area contributed by atoms with Crippen molar-refractivity contribution in [1.29, 1.82) is 0 Å². The fraction of sp³-hybridized carbons (Fsp3) is 0.312. The van der Waals surface area contributed by atoms with Crippen molar-refractivity contribution in [3.05, 3.63) is 33.7 Å². The molecule has 1 aromatic heterocycles. The SMILES string of the molecule is [B]c1ccc2c(c1)=C(c1sc(NC(C)C(C)C)nc1O)C(=O)N=2. The number of aromatic nitrogens is 1. The highest BCUT2D eigenvalue weighted by atomic mass is 32.1. The molecule has 0 aliphatic carbocycles. The van der Waals surface area contributed by atoms with Gasteiger partial charge in [0.2, 0.25) is 5.88 Å². The van der Waals surface area contributed by atoms with Crippen LogP contribution in [0.2, 0.25) is 0 Å². The van der Waals surface area contributed by atoms with Crippen LogP contribution in [0.15, 0.2) is 23.2 Å². The highest BCUT2D eigenvalue weighted by molar-refractivity contribution is 7.17. The molecule has 1 aromatic carbocycles. The quantitative estimate of drug-likeness (QED) is 0.801. The van der Waals surface area contributed by atoms with Crippen LogP contribution in [0.1, 0.15) is 25.6 Å². The van der Waals surface area contributed by atoms with Crippen molar-refractivity contribution in [2.24, 2.45) is 10.9 Å². The third-order valence-electron chi connectivity index (χ3n) is 3.91. The van der Waals surface area contributed by atoms with Gasteiger partial charge in [-0.3, -0.25) is 4.79 Å². The third kappa shape index (κ3) is 2.88. The number of amides is 1. The zero-order valence-corrected chi connectivity index (χ0v) is 13.9. The summed E-state index contributed by atoms with van der Waals surface area (Å²) in [6, 6.07) is 5.29. The Hall–Kier alpha value is -2.15. The van der Waals surface area contributed by atoms with Gasteiger partial charge in [-0.15, -0.1) is 0 Å². The van der Waals surface area contributed by atoms with Crippen molar-refractivity contribution in [2.45, 2.75) is 26.8 Å². The largest absolute Gasteiger partial charge is 0.492 e. The molecule has 2 N–H and O–H groups in total. The van der Waals surface area contributed by atoms with Crippen LogP contribution in [0.3, 0.4) is 0 Å². The van der Waals surface area contributed by atoms with Crippen LogP contribution >= 0.6 is 11.3 Å². The normalized spacial score (nSPS) is 14.8. The molecule has 23 heavy (non-hydrogen) atoms. The van der Waals surface area contributed by atoms with E-state index in [1.807, 2.05) is 6.92 Å². The Morgan fingerprint density at radius 3 is 2.74 bits per heavy atom. The Labute approximate surface area is 139 Å². The smallest absolute Gasteiger partial charge is 0.279 e. The second kappa shape index (κ2) is 5.81. The van der Waals surface area contributed by atoms with E-state index in [-0.39, 0.29) is 17.8 Å². The maximum atomic E-state index is 12.2. The number of aromatic hydroxyl groups is 1. The minimum absolute atomic E-state index is 0.165. The number of fused-ring (bicyclic) bond motifs is 1. The predicted molar refractivity (Wildman–Crippen MR) is 91.8 cm³/mol. The van der Waals surface area contributed by atoms with Gasteiger partial charge in [-0.05, 0) is 18.9 Å². The number of thiazole rings is 1. The molecule has 5 nitrogen and oxygen atoms in total. The van der Waals surface area contributed by atoms with E-state index in [1.54, 1.807) is 18.2 Å². The first-order valence-electron chi connectivity index (χ1n) is 7.36. The van der Waals surface area contributed by atoms with Gasteiger partial charge < -0.3 is 10.4 Å². The monoisotopic (exact) mass is 325 g/mol. The van der Waals surface area contributed by atoms with E-state index in [9.17, 15) is 9.90 Å². The fourth-order valence-electron chi connectivity index (χ4n) is 2.25. The maximum absolute atomic E-state index is 12.2. The summed E-state index contributed by atoms with van der Waals surface area (Å²) in [4.78, 5) is 20.8. The van der Waals surface area contributed by atoms with E-state index in [0.717, 1.165) is 0 Å². The van der Waals surface area contributed by atoms with Gasteiger partial charge in [0.1, 0.15) is 12.7 Å². The molecule has 3 rings (SSSR count). The molecule has 1 aliphatic heterocycles. The molecule has 1 amide bonds. The lowest BCUT2D eigenvalue weighted by atomic mass is 9.95. The number of carbonyl (C=O) groups is 1. The molecule has 1 aliphatic rings. The summed E-state index contributed by atoms with van der Waals surface area (Å²) in [6.07, 6.45) is 0. The van der Waals surface area contributed by atoms with Crippen molar-refractivity contribution in [2.75, 3.05) is 5.32 Å². The first-order valence-corrected chi connectivity index (χ1v) is 8.18. The molecule has 2 aromatic rings. The Bertz CT molecular complexity index is 905. The van der Waals surface area contributed by atoms with Crippen molar-refractivity contribution >= 4 is 41.3 Å². The number of hydrogen-bond acceptors (Lipinski definition) is 5. The van der Waals surface area contributed by atoms with Crippen molar-refractivity contribution < 1.29 is 9.90 Å². The molecular weight excluding hydrogens is 309 g/mol. The van der Waals surface area contributed by atoms with Gasteiger partial charge in [-0.2, -0.15) is 4.98 Å². The Balaban J connectivity index is 2.09. The third-order valence-corrected chi connectivity index (χ3v) is 4.91. The lowest BCUT2D eigenvalue weighted by Gasteiger charge is -2.16. The average Bonchev–Trinajstić information content (AvgIpc) is 2.97. The molecule has 116 valence electrons. The fourth-order valence-corrected chi connectivity index (χ4v) is 3.26. The van der Waals surface area contributed by atoms with E-state index < -0.39 is 0 Å². The summed E-state index contributed by atoms with van der Waals surface area (Å²) in [5, 5.41) is 15.2. The van der Waals surface area contributed by atoms with Crippen LogP contribution in [0.5, 0.6) is 5.88 Å². The number of rotatable bonds is 4. The van der Waals surface area contributed by atoms with Crippen LogP contribution < -0.4 is 21.4 Å². The summed E-state index contributed by atoms with van der Waals surface area (Å²) < 4.78 is 0. The summed E-state index contributed by atoms with van der Waals surface area (Å²) in [5.74, 6) is -0.129. The number of hydrogen-bond donors (Lipinski definition) is 2. The molecule has 0 fully saturated rings. The molecule has 0 saturated heterocycles. The predicted octanol–water partition coefficient (Wildman–Crippen LogP) is 0.458. The topological polar surface area (TPSA) is 74.6 Å². The maximum Gasteiger partial charge on any atom is 0.279 e. The van der Waals surface area contributed by atoms with Gasteiger partial charge >= 0.3 is 0 Å². The lowest BCUT2D eigenvalue weighted by Crippen LogP contribution is -2.27. The number of nitrogens with zero attached hydrogens (tertiary/aromatic N) is 2. The zero-order valence-electron chi connectivity index (χ0n) is 13.1. The van der Waals surface area contributed by atoms with Gasteiger partial charge in [0, 0.05) is 11.3 Å². The van der Waals surface area contributed by atoms with Crippen molar-refractivity contribution in [3.8, 4) is 5.88 Å². The van der Waals surface area contributed by atoms with E-state index in [1.165, 1.54) is 11.3 Å². The zero-order chi connectivity index (χ0) is 16.7. The molecule has 0 spiro atoms. The average molecular weight is 325 g/mol. The minimum Gasteiger partial charge on any atom is -0.492 e. The Morgan fingerprint density at radius 2 is 2.04 bits per heavy atom. The van der Waals surface area contributed by atoms with E-state index in [2.05, 4.69) is 29.1 Å². The van der Waals surface area contributed by atoms with Gasteiger partial charge in [0.25, 0.3) is 5.91 Å². The van der Waals surface area contributed by atoms with Crippen LogP contribution in [0.25, 0.3) is 5.57 Å². The molecule has 7 heteroatoms. The number of benzene rings is 1. The Kier molecular flexibility index (Phi) is 3.98. The standard InChI is InChI=1S/C16H16BN3O2S/c1-7(2)8(3)18-16-20-15(22)13(23-16)12-10-6-9(17)4-5-11(10)19-14(12)21/h4-8,22H,1-3H3,(H,18,20). The van der Waals surface area contributed by atoms with E-state index in [4.69, 9.17) is 7.85 Å². The first kappa shape index (κ1) is 15.7. The second-order valence-electron chi connectivity index (χ2n) is 5.92. The van der Waals surface area contributed by atoms with Crippen molar-refractivity contribution in [1.82, 2.24) is 4.98 Å². The summed E-state index contributed by atoms with van der Waals surface area (Å²) >= 11 is 1.24. The summed E-state index contributed by atoms with van der Waals surface area (Å²) in [5.41, 5.74) is 0.898. The van der Waals surface area contributed by atoms with Crippen LogP contribution in [-0.2, 0) is 4.79 Å². The van der Waals surface area contributed by atoms with E-state index in [0.29, 0.717) is 37.5 Å². The number of nitrogens with one attached hydrogen (secondary N) is 1. The lowest BCUT2D eigenvalue weighted by molar-refractivity contribution is -0.112. The molecule has 0 bridgehead atoms. The highest BCUT2D eigenvalue weighted by Crippen LogP contribution is 2.34. The minimum atomic E-state index is -0.381. The summed E-state index contributed by atoms with van der Waals surface area (Å²) in [7, 11) is 5.81. The number of carbonyl (C=O) groups excluding carboxylic acids is 1. The molecule has 2 radical (unpaired) electrons. The van der Waals surface area contributed by atoms with E-state index >= 15 is 0 Å². The molecule has 1 unspecified atom stereocenters. The molecule has 0 saturated carbocycles. The highest BCUT2D eigenvalue weighted by Gasteiger charge is 2.25. The molecule has 2 heterocycles. The second-order valence-corrected chi connectivity index (χ2v) is 6.92. The van der Waals surface area contributed by atoms with Gasteiger partial charge in [-0.1, -0.05) is 42.8 Å².